The van der Waals surface area contributed by atoms with E-state index in [0.717, 1.165) is 24.8 Å². The Hall–Kier alpha value is -1.07. The molecule has 25 heavy (non-hydrogen) atoms. The predicted octanol–water partition coefficient (Wildman–Crippen LogP) is 3.33. The third-order valence-electron chi connectivity index (χ3n) is 6.90. The van der Waals surface area contributed by atoms with E-state index in [2.05, 4.69) is 9.80 Å². The van der Waals surface area contributed by atoms with Crippen LogP contribution >= 0.6 is 0 Å². The zero-order valence-electron chi connectivity index (χ0n) is 15.3. The Bertz CT molecular complexity index is 692. The average Bonchev–Trinajstić information content (AvgIpc) is 2.56. The molecule has 4 nitrogen and oxygen atoms in total. The van der Waals surface area contributed by atoms with Gasteiger partial charge in [-0.3, -0.25) is 0 Å². The van der Waals surface area contributed by atoms with Crippen molar-refractivity contribution < 1.29 is 8.42 Å². The fraction of sp³-hybridized carbons (Fsp3) is 0.700. The highest BCUT2D eigenvalue weighted by Gasteiger charge is 2.39. The van der Waals surface area contributed by atoms with Crippen LogP contribution in [0.2, 0.25) is 0 Å². The molecule has 0 unspecified atom stereocenters. The highest BCUT2D eigenvalue weighted by Crippen LogP contribution is 2.43. The second-order valence-corrected chi connectivity index (χ2v) is 10.4. The maximum atomic E-state index is 11.6. The first-order valence-electron chi connectivity index (χ1n) is 9.74. The number of benzene rings is 1. The highest BCUT2D eigenvalue weighted by molar-refractivity contribution is 7.90. The average molecular weight is 363 g/mol. The number of sulfone groups is 1. The van der Waals surface area contributed by atoms with E-state index in [4.69, 9.17) is 0 Å². The lowest BCUT2D eigenvalue weighted by Crippen LogP contribution is -2.50. The molecule has 1 spiro atoms. The molecule has 0 amide bonds. The third kappa shape index (κ3) is 3.59. The molecule has 0 N–H and O–H groups in total. The lowest BCUT2D eigenvalue weighted by atomic mass is 9.70. The van der Waals surface area contributed by atoms with Gasteiger partial charge in [0.05, 0.1) is 4.90 Å². The number of rotatable bonds is 3. The Morgan fingerprint density at radius 1 is 0.920 bits per heavy atom. The second kappa shape index (κ2) is 6.58. The van der Waals surface area contributed by atoms with Gasteiger partial charge < -0.3 is 9.80 Å². The Morgan fingerprint density at radius 2 is 1.48 bits per heavy atom. The first kappa shape index (κ1) is 17.3. The molecule has 3 fully saturated rings. The van der Waals surface area contributed by atoms with Crippen molar-refractivity contribution in [2.24, 2.45) is 5.41 Å². The number of likely N-dealkylation sites (tertiary alicyclic amines) is 1. The minimum absolute atomic E-state index is 0.410. The van der Waals surface area contributed by atoms with E-state index in [9.17, 15) is 8.42 Å². The molecule has 3 aliphatic rings. The summed E-state index contributed by atoms with van der Waals surface area (Å²) < 4.78 is 23.2. The van der Waals surface area contributed by atoms with Crippen LogP contribution in [-0.2, 0) is 9.84 Å². The van der Waals surface area contributed by atoms with Gasteiger partial charge in [-0.2, -0.15) is 0 Å². The van der Waals surface area contributed by atoms with Crippen molar-refractivity contribution in [2.45, 2.75) is 55.9 Å². The van der Waals surface area contributed by atoms with E-state index < -0.39 is 9.84 Å². The minimum atomic E-state index is -3.11. The molecule has 1 aliphatic carbocycles. The molecule has 2 aliphatic heterocycles. The van der Waals surface area contributed by atoms with Crippen LogP contribution in [0.3, 0.4) is 0 Å². The topological polar surface area (TPSA) is 40.6 Å². The largest absolute Gasteiger partial charge is 0.371 e. The van der Waals surface area contributed by atoms with E-state index in [1.54, 1.807) is 12.1 Å². The molecular formula is C20H30N2O2S. The van der Waals surface area contributed by atoms with Gasteiger partial charge in [0.25, 0.3) is 0 Å². The molecule has 0 aromatic heterocycles. The molecular weight excluding hydrogens is 332 g/mol. The number of piperidine rings is 2. The van der Waals surface area contributed by atoms with E-state index in [1.807, 2.05) is 12.1 Å². The predicted molar refractivity (Wildman–Crippen MR) is 102 cm³/mol. The van der Waals surface area contributed by atoms with Crippen LogP contribution in [0.5, 0.6) is 0 Å². The van der Waals surface area contributed by atoms with Gasteiger partial charge in [0.1, 0.15) is 0 Å². The van der Waals surface area contributed by atoms with Gasteiger partial charge >= 0.3 is 0 Å². The second-order valence-electron chi connectivity index (χ2n) is 8.37. The first-order valence-corrected chi connectivity index (χ1v) is 11.6. The van der Waals surface area contributed by atoms with Crippen LogP contribution in [0.1, 0.15) is 44.9 Å². The summed E-state index contributed by atoms with van der Waals surface area (Å²) in [6, 6.07) is 8.31. The minimum Gasteiger partial charge on any atom is -0.371 e. The number of hydrogen-bond acceptors (Lipinski definition) is 4. The highest BCUT2D eigenvalue weighted by atomic mass is 32.2. The van der Waals surface area contributed by atoms with Crippen molar-refractivity contribution in [1.29, 1.82) is 0 Å². The van der Waals surface area contributed by atoms with Gasteiger partial charge in [-0.05, 0) is 81.3 Å². The van der Waals surface area contributed by atoms with Gasteiger partial charge in [0, 0.05) is 31.1 Å². The summed E-state index contributed by atoms with van der Waals surface area (Å²) in [5.74, 6) is 0. The zero-order valence-corrected chi connectivity index (χ0v) is 16.1. The monoisotopic (exact) mass is 362 g/mol. The van der Waals surface area contributed by atoms with E-state index >= 15 is 0 Å². The lowest BCUT2D eigenvalue weighted by molar-refractivity contribution is 0.0306. The molecule has 0 radical (unpaired) electrons. The third-order valence-corrected chi connectivity index (χ3v) is 8.03. The van der Waals surface area contributed by atoms with Crippen LogP contribution in [0.15, 0.2) is 29.2 Å². The van der Waals surface area contributed by atoms with Crippen LogP contribution in [0.4, 0.5) is 5.69 Å². The van der Waals surface area contributed by atoms with Gasteiger partial charge in [-0.15, -0.1) is 0 Å². The van der Waals surface area contributed by atoms with Crippen LogP contribution < -0.4 is 4.90 Å². The summed E-state index contributed by atoms with van der Waals surface area (Å²) in [6.45, 7) is 4.80. The molecule has 2 heterocycles. The summed E-state index contributed by atoms with van der Waals surface area (Å²) in [5.41, 5.74) is 1.72. The fourth-order valence-electron chi connectivity index (χ4n) is 4.76. The standard InChI is InChI=1S/C20H30N2O2S/c1-25(23,24)19-7-5-18(6-8-19)22-15-11-20(12-16-22)9-13-21(14-10-20)17-3-2-4-17/h5-8,17H,2-4,9-16H2,1H3. The molecule has 1 saturated carbocycles. The molecule has 0 atom stereocenters. The number of anilines is 1. The van der Waals surface area contributed by atoms with Crippen molar-refractivity contribution in [2.75, 3.05) is 37.3 Å². The summed E-state index contributed by atoms with van der Waals surface area (Å²) in [5, 5.41) is 0. The summed E-state index contributed by atoms with van der Waals surface area (Å²) >= 11 is 0. The Labute approximate surface area is 152 Å². The van der Waals surface area contributed by atoms with Crippen LogP contribution in [-0.4, -0.2) is 51.8 Å². The van der Waals surface area contributed by atoms with Gasteiger partial charge in [0.15, 0.2) is 9.84 Å². The van der Waals surface area contributed by atoms with Gasteiger partial charge in [-0.25, -0.2) is 8.42 Å². The van der Waals surface area contributed by atoms with Gasteiger partial charge in [-0.1, -0.05) is 6.42 Å². The van der Waals surface area contributed by atoms with Gasteiger partial charge in [0.2, 0.25) is 0 Å². The first-order chi connectivity index (χ1) is 12.0. The number of nitrogens with zero attached hydrogens (tertiary/aromatic N) is 2. The Balaban J connectivity index is 1.34. The molecule has 4 rings (SSSR count). The summed E-state index contributed by atoms with van der Waals surface area (Å²) in [6.07, 6.45) is 10.8. The smallest absolute Gasteiger partial charge is 0.175 e. The van der Waals surface area contributed by atoms with E-state index in [0.29, 0.717) is 10.3 Å². The normalized spacial score (nSPS) is 25.1. The Morgan fingerprint density at radius 3 is 1.96 bits per heavy atom. The Kier molecular flexibility index (Phi) is 4.57. The van der Waals surface area contributed by atoms with E-state index in [-0.39, 0.29) is 0 Å². The number of hydrogen-bond donors (Lipinski definition) is 0. The van der Waals surface area contributed by atoms with Crippen LogP contribution in [0.25, 0.3) is 0 Å². The molecule has 1 aromatic carbocycles. The van der Waals surface area contributed by atoms with E-state index in [1.165, 1.54) is 64.3 Å². The molecule has 138 valence electrons. The zero-order chi connectivity index (χ0) is 17.5. The molecule has 2 saturated heterocycles. The summed E-state index contributed by atoms with van der Waals surface area (Å²) in [7, 11) is -3.11. The van der Waals surface area contributed by atoms with Crippen LogP contribution in [0, 0.1) is 5.41 Å². The van der Waals surface area contributed by atoms with Crippen molar-refractivity contribution in [3.63, 3.8) is 0 Å². The SMILES string of the molecule is CS(=O)(=O)c1ccc(N2CCC3(CC2)CCN(C2CCC2)CC3)cc1. The van der Waals surface area contributed by atoms with Crippen molar-refractivity contribution in [3.05, 3.63) is 24.3 Å². The fourth-order valence-corrected chi connectivity index (χ4v) is 5.39. The molecule has 1 aromatic rings. The van der Waals surface area contributed by atoms with Crippen molar-refractivity contribution >= 4 is 15.5 Å². The molecule has 0 bridgehead atoms. The van der Waals surface area contributed by atoms with Crippen molar-refractivity contribution in [1.82, 2.24) is 4.90 Å². The quantitative estimate of drug-likeness (QED) is 0.827. The molecule has 5 heteroatoms. The summed E-state index contributed by atoms with van der Waals surface area (Å²) in [4.78, 5) is 5.58. The van der Waals surface area contributed by atoms with Crippen molar-refractivity contribution in [3.8, 4) is 0 Å². The lowest BCUT2D eigenvalue weighted by Gasteiger charge is -2.50. The maximum absolute atomic E-state index is 11.6. The maximum Gasteiger partial charge on any atom is 0.175 e.